The maximum absolute atomic E-state index is 11.3. The summed E-state index contributed by atoms with van der Waals surface area (Å²) in [6.07, 6.45) is 1.91. The quantitative estimate of drug-likeness (QED) is 0.314. The van der Waals surface area contributed by atoms with Crippen molar-refractivity contribution in [3.63, 3.8) is 0 Å². The van der Waals surface area contributed by atoms with Crippen LogP contribution in [0.1, 0.15) is 27.2 Å². The summed E-state index contributed by atoms with van der Waals surface area (Å²) in [6.45, 7) is 5.02. The van der Waals surface area contributed by atoms with E-state index in [0.29, 0.717) is 0 Å². The molecule has 0 aromatic heterocycles. The second-order valence-corrected chi connectivity index (χ2v) is 3.98. The van der Waals surface area contributed by atoms with E-state index in [0.717, 1.165) is 5.57 Å². The molecule has 0 N–H and O–H groups in total. The zero-order valence-corrected chi connectivity index (χ0v) is 9.64. The molecule has 0 saturated heterocycles. The molecule has 0 aliphatic carbocycles. The highest BCUT2D eigenvalue weighted by Gasteiger charge is 2.41. The van der Waals surface area contributed by atoms with E-state index in [1.807, 2.05) is 13.8 Å². The number of carbonyl (C=O) groups is 2. The van der Waals surface area contributed by atoms with Gasteiger partial charge >= 0.3 is 5.97 Å². The van der Waals surface area contributed by atoms with Crippen LogP contribution in [-0.4, -0.2) is 23.7 Å². The van der Waals surface area contributed by atoms with E-state index in [2.05, 4.69) is 4.74 Å². The van der Waals surface area contributed by atoms with Crippen LogP contribution in [0, 0.1) is 0 Å². The predicted octanol–water partition coefficient (Wildman–Crippen LogP) is 2.08. The summed E-state index contributed by atoms with van der Waals surface area (Å²) in [5, 5.41) is 0. The van der Waals surface area contributed by atoms with Crippen molar-refractivity contribution < 1.29 is 14.3 Å². The molecule has 3 nitrogen and oxygen atoms in total. The molecule has 0 radical (unpaired) electrons. The molecule has 0 aliphatic heterocycles. The molecule has 0 spiro atoms. The fourth-order valence-electron chi connectivity index (χ4n) is 0.877. The summed E-state index contributed by atoms with van der Waals surface area (Å²) in [4.78, 5) is 20.9. The lowest BCUT2D eigenvalue weighted by Crippen LogP contribution is -2.40. The standard InChI is InChI=1S/C10H15ClO3/c1-7(2)5-6-10(11,8(3)12)9(13)14-4/h5H,6H2,1-4H3. The van der Waals surface area contributed by atoms with Crippen LogP contribution in [0.25, 0.3) is 0 Å². The van der Waals surface area contributed by atoms with Crippen LogP contribution < -0.4 is 0 Å². The summed E-state index contributed by atoms with van der Waals surface area (Å²) in [5.74, 6) is -1.10. The summed E-state index contributed by atoms with van der Waals surface area (Å²) in [6, 6.07) is 0. The Labute approximate surface area is 89.1 Å². The molecule has 0 heterocycles. The van der Waals surface area contributed by atoms with E-state index in [1.165, 1.54) is 14.0 Å². The normalized spacial score (nSPS) is 14.1. The molecule has 0 aromatic rings. The molecule has 0 fully saturated rings. The summed E-state index contributed by atoms with van der Waals surface area (Å²) in [7, 11) is 1.21. The lowest BCUT2D eigenvalue weighted by Gasteiger charge is -2.19. The minimum atomic E-state index is -1.56. The summed E-state index contributed by atoms with van der Waals surface area (Å²) >= 11 is 5.90. The van der Waals surface area contributed by atoms with Crippen LogP contribution in [0.15, 0.2) is 11.6 Å². The molecule has 0 saturated carbocycles. The van der Waals surface area contributed by atoms with Crippen molar-refractivity contribution in [2.75, 3.05) is 7.11 Å². The lowest BCUT2D eigenvalue weighted by atomic mass is 9.99. The molecule has 0 rings (SSSR count). The summed E-state index contributed by atoms with van der Waals surface area (Å²) in [5.41, 5.74) is 1.00. The van der Waals surface area contributed by atoms with Gasteiger partial charge in [-0.05, 0) is 20.8 Å². The van der Waals surface area contributed by atoms with E-state index in [9.17, 15) is 9.59 Å². The largest absolute Gasteiger partial charge is 0.467 e. The highest BCUT2D eigenvalue weighted by Crippen LogP contribution is 2.24. The first-order valence-corrected chi connectivity index (χ1v) is 4.64. The first-order chi connectivity index (χ1) is 6.34. The molecule has 1 atom stereocenters. The van der Waals surface area contributed by atoms with Gasteiger partial charge < -0.3 is 4.74 Å². The van der Waals surface area contributed by atoms with E-state index in [1.54, 1.807) is 6.08 Å². The van der Waals surface area contributed by atoms with Gasteiger partial charge in [-0.2, -0.15) is 0 Å². The molecule has 4 heteroatoms. The second kappa shape index (κ2) is 5.15. The summed E-state index contributed by atoms with van der Waals surface area (Å²) < 4.78 is 4.49. The van der Waals surface area contributed by atoms with Gasteiger partial charge in [0.2, 0.25) is 4.87 Å². The van der Waals surface area contributed by atoms with Gasteiger partial charge in [0.15, 0.2) is 5.78 Å². The molecular formula is C10H15ClO3. The zero-order valence-electron chi connectivity index (χ0n) is 8.89. The number of carbonyl (C=O) groups excluding carboxylic acids is 2. The van der Waals surface area contributed by atoms with Crippen LogP contribution in [0.4, 0.5) is 0 Å². The number of rotatable bonds is 4. The average Bonchev–Trinajstić information content (AvgIpc) is 2.12. The molecule has 14 heavy (non-hydrogen) atoms. The Morgan fingerprint density at radius 3 is 2.14 bits per heavy atom. The van der Waals surface area contributed by atoms with Crippen molar-refractivity contribution in [1.82, 2.24) is 0 Å². The second-order valence-electron chi connectivity index (χ2n) is 3.33. The Morgan fingerprint density at radius 1 is 1.36 bits per heavy atom. The monoisotopic (exact) mass is 218 g/mol. The van der Waals surface area contributed by atoms with Crippen molar-refractivity contribution in [1.29, 1.82) is 0 Å². The molecule has 0 aliphatic rings. The van der Waals surface area contributed by atoms with Gasteiger partial charge in [-0.15, -0.1) is 0 Å². The van der Waals surface area contributed by atoms with Gasteiger partial charge in [0.1, 0.15) is 0 Å². The predicted molar refractivity (Wildman–Crippen MR) is 55.3 cm³/mol. The maximum atomic E-state index is 11.3. The van der Waals surface area contributed by atoms with Crippen LogP contribution in [-0.2, 0) is 14.3 Å². The number of allylic oxidation sites excluding steroid dienone is 2. The highest BCUT2D eigenvalue weighted by atomic mass is 35.5. The first kappa shape index (κ1) is 13.2. The minimum absolute atomic E-state index is 0.166. The first-order valence-electron chi connectivity index (χ1n) is 4.26. The maximum Gasteiger partial charge on any atom is 0.334 e. The molecule has 0 amide bonds. The number of esters is 1. The van der Waals surface area contributed by atoms with E-state index in [4.69, 9.17) is 11.6 Å². The van der Waals surface area contributed by atoms with Crippen LogP contribution in [0.3, 0.4) is 0 Å². The Kier molecular flexibility index (Phi) is 4.85. The third-order valence-electron chi connectivity index (χ3n) is 1.86. The number of Topliss-reactive ketones (excluding diaryl/α,β-unsaturated/α-hetero) is 1. The molecule has 1 unspecified atom stereocenters. The average molecular weight is 219 g/mol. The third-order valence-corrected chi connectivity index (χ3v) is 2.43. The van der Waals surface area contributed by atoms with Crippen molar-refractivity contribution >= 4 is 23.4 Å². The number of halogens is 1. The molecular weight excluding hydrogens is 204 g/mol. The Morgan fingerprint density at radius 2 is 1.86 bits per heavy atom. The molecule has 0 bridgehead atoms. The smallest absolute Gasteiger partial charge is 0.334 e. The Balaban J connectivity index is 4.83. The van der Waals surface area contributed by atoms with Gasteiger partial charge in [0.05, 0.1) is 7.11 Å². The number of methoxy groups -OCH3 is 1. The number of hydrogen-bond acceptors (Lipinski definition) is 3. The van der Waals surface area contributed by atoms with Crippen LogP contribution >= 0.6 is 11.6 Å². The number of ether oxygens (including phenoxy) is 1. The highest BCUT2D eigenvalue weighted by molar-refractivity contribution is 6.45. The SMILES string of the molecule is COC(=O)C(Cl)(CC=C(C)C)C(C)=O. The van der Waals surface area contributed by atoms with E-state index >= 15 is 0 Å². The zero-order chi connectivity index (χ0) is 11.4. The number of alkyl halides is 1. The number of hydrogen-bond donors (Lipinski definition) is 0. The van der Waals surface area contributed by atoms with Crippen molar-refractivity contribution in [3.8, 4) is 0 Å². The van der Waals surface area contributed by atoms with Crippen LogP contribution in [0.5, 0.6) is 0 Å². The molecule has 0 aromatic carbocycles. The van der Waals surface area contributed by atoms with Gasteiger partial charge in [-0.25, -0.2) is 4.79 Å². The Hall–Kier alpha value is -0.830. The number of ketones is 1. The fraction of sp³-hybridized carbons (Fsp3) is 0.600. The topological polar surface area (TPSA) is 43.4 Å². The van der Waals surface area contributed by atoms with E-state index < -0.39 is 16.6 Å². The minimum Gasteiger partial charge on any atom is -0.467 e. The van der Waals surface area contributed by atoms with Gasteiger partial charge in [0.25, 0.3) is 0 Å². The van der Waals surface area contributed by atoms with Crippen molar-refractivity contribution in [2.45, 2.75) is 32.1 Å². The fourth-order valence-corrected chi connectivity index (χ4v) is 1.03. The molecule has 80 valence electrons. The van der Waals surface area contributed by atoms with E-state index in [-0.39, 0.29) is 6.42 Å². The lowest BCUT2D eigenvalue weighted by molar-refractivity contribution is -0.146. The van der Waals surface area contributed by atoms with Crippen molar-refractivity contribution in [3.05, 3.63) is 11.6 Å². The Bertz CT molecular complexity index is 267. The third kappa shape index (κ3) is 3.14. The van der Waals surface area contributed by atoms with Crippen molar-refractivity contribution in [2.24, 2.45) is 0 Å². The van der Waals surface area contributed by atoms with Crippen LogP contribution in [0.2, 0.25) is 0 Å². The van der Waals surface area contributed by atoms with Gasteiger partial charge in [0, 0.05) is 6.42 Å². The van der Waals surface area contributed by atoms with Gasteiger partial charge in [-0.3, -0.25) is 4.79 Å². The van der Waals surface area contributed by atoms with Gasteiger partial charge in [-0.1, -0.05) is 23.3 Å².